The number of fused-ring (bicyclic) bond motifs is 1. The van der Waals surface area contributed by atoms with Gasteiger partial charge in [0.25, 0.3) is 5.91 Å². The van der Waals surface area contributed by atoms with E-state index < -0.39 is 9.73 Å². The van der Waals surface area contributed by atoms with Crippen LogP contribution in [0.25, 0.3) is 22.3 Å². The second-order valence-electron chi connectivity index (χ2n) is 10.8. The molecule has 0 radical (unpaired) electrons. The van der Waals surface area contributed by atoms with Crippen LogP contribution in [0, 0.1) is 23.5 Å². The Hall–Kier alpha value is -3.89. The van der Waals surface area contributed by atoms with Gasteiger partial charge in [0.15, 0.2) is 0 Å². The van der Waals surface area contributed by atoms with Gasteiger partial charge in [-0.2, -0.15) is 0 Å². The molecule has 40 heavy (non-hydrogen) atoms. The maximum absolute atomic E-state index is 12.8. The van der Waals surface area contributed by atoms with E-state index in [9.17, 15) is 14.1 Å². The molecule has 0 bridgehead atoms. The number of anilines is 1. The second-order valence-corrected chi connectivity index (χ2v) is 12.9. The SMILES string of the molecule is Cc1ccc(C(=O)NCc2cc3nc(-c4cccc(N5C[C@@H](C)C(O)[C@@H](C)C5)n4)ccc3cn2)cc1S(C)(=N)=O. The van der Waals surface area contributed by atoms with Crippen LogP contribution in [0.15, 0.2) is 65.7 Å². The molecule has 1 aliphatic rings. The van der Waals surface area contributed by atoms with E-state index in [4.69, 9.17) is 14.7 Å². The number of nitrogens with one attached hydrogen (secondary N) is 2. The number of aryl methyl sites for hydroxylation is 1. The Balaban J connectivity index is 1.34. The van der Waals surface area contributed by atoms with E-state index in [1.807, 2.05) is 36.4 Å². The molecule has 4 atom stereocenters. The number of carbonyl (C=O) groups is 1. The first kappa shape index (κ1) is 27.7. The fraction of sp³-hybridized carbons (Fsp3) is 0.333. The summed E-state index contributed by atoms with van der Waals surface area (Å²) in [5.74, 6) is 0.867. The number of aromatic nitrogens is 3. The lowest BCUT2D eigenvalue weighted by molar-refractivity contribution is 0.0527. The quantitative estimate of drug-likeness (QED) is 0.319. The van der Waals surface area contributed by atoms with Crippen LogP contribution in [-0.4, -0.2) is 55.6 Å². The van der Waals surface area contributed by atoms with Crippen molar-refractivity contribution >= 4 is 32.4 Å². The average Bonchev–Trinajstić information content (AvgIpc) is 2.93. The van der Waals surface area contributed by atoms with Crippen molar-refractivity contribution in [1.82, 2.24) is 20.3 Å². The first-order chi connectivity index (χ1) is 19.0. The third kappa shape index (κ3) is 5.83. The molecular weight excluding hydrogens is 524 g/mol. The minimum Gasteiger partial charge on any atom is -0.392 e. The first-order valence-corrected chi connectivity index (χ1v) is 15.2. The molecule has 4 heterocycles. The topological polar surface area (TPSA) is 132 Å². The van der Waals surface area contributed by atoms with Crippen LogP contribution in [0.3, 0.4) is 0 Å². The lowest BCUT2D eigenvalue weighted by Crippen LogP contribution is -2.47. The van der Waals surface area contributed by atoms with Crippen LogP contribution in [0.4, 0.5) is 5.82 Å². The molecule has 3 aromatic heterocycles. The molecule has 9 nitrogen and oxygen atoms in total. The highest BCUT2D eigenvalue weighted by atomic mass is 32.2. The fourth-order valence-corrected chi connectivity index (χ4v) is 6.24. The zero-order chi connectivity index (χ0) is 28.6. The number of hydrogen-bond acceptors (Lipinski definition) is 8. The Morgan fingerprint density at radius 1 is 1.07 bits per heavy atom. The molecule has 1 amide bonds. The molecule has 0 aliphatic carbocycles. The maximum Gasteiger partial charge on any atom is 0.251 e. The van der Waals surface area contributed by atoms with Crippen LogP contribution < -0.4 is 10.2 Å². The average molecular weight is 559 g/mol. The van der Waals surface area contributed by atoms with Gasteiger partial charge in [-0.1, -0.05) is 26.0 Å². The minimum atomic E-state index is -2.94. The summed E-state index contributed by atoms with van der Waals surface area (Å²) in [4.78, 5) is 29.6. The number of aliphatic hydroxyl groups excluding tert-OH is 1. The monoisotopic (exact) mass is 558 g/mol. The van der Waals surface area contributed by atoms with E-state index in [1.54, 1.807) is 25.3 Å². The van der Waals surface area contributed by atoms with Crippen molar-refractivity contribution in [3.05, 3.63) is 77.6 Å². The van der Waals surface area contributed by atoms with Crippen molar-refractivity contribution in [3.8, 4) is 11.4 Å². The number of rotatable bonds is 6. The third-order valence-electron chi connectivity index (χ3n) is 7.43. The molecule has 1 aromatic carbocycles. The lowest BCUT2D eigenvalue weighted by atomic mass is 9.88. The molecule has 1 fully saturated rings. The van der Waals surface area contributed by atoms with E-state index in [2.05, 4.69) is 29.0 Å². The van der Waals surface area contributed by atoms with Crippen LogP contribution in [0.2, 0.25) is 0 Å². The largest absolute Gasteiger partial charge is 0.392 e. The summed E-state index contributed by atoms with van der Waals surface area (Å²) in [5.41, 5.74) is 3.95. The van der Waals surface area contributed by atoms with Gasteiger partial charge in [0.2, 0.25) is 0 Å². The summed E-state index contributed by atoms with van der Waals surface area (Å²) >= 11 is 0. The zero-order valence-corrected chi connectivity index (χ0v) is 23.9. The highest BCUT2D eigenvalue weighted by Crippen LogP contribution is 2.28. The molecule has 5 rings (SSSR count). The molecule has 1 aliphatic heterocycles. The van der Waals surface area contributed by atoms with Crippen molar-refractivity contribution in [2.24, 2.45) is 11.8 Å². The van der Waals surface area contributed by atoms with Crippen LogP contribution >= 0.6 is 0 Å². The Labute approximate surface area is 234 Å². The van der Waals surface area contributed by atoms with Gasteiger partial charge < -0.3 is 15.3 Å². The predicted octanol–water partition coefficient (Wildman–Crippen LogP) is 4.42. The predicted molar refractivity (Wildman–Crippen MR) is 157 cm³/mol. The van der Waals surface area contributed by atoms with Crippen molar-refractivity contribution in [1.29, 1.82) is 4.78 Å². The van der Waals surface area contributed by atoms with Gasteiger partial charge in [-0.3, -0.25) is 9.78 Å². The van der Waals surface area contributed by atoms with Crippen LogP contribution in [0.1, 0.15) is 35.5 Å². The van der Waals surface area contributed by atoms with Gasteiger partial charge in [-0.15, -0.1) is 0 Å². The molecule has 10 heteroatoms. The van der Waals surface area contributed by atoms with Crippen LogP contribution in [-0.2, 0) is 16.3 Å². The number of amides is 1. The van der Waals surface area contributed by atoms with E-state index in [0.717, 1.165) is 46.8 Å². The second kappa shape index (κ2) is 10.9. The third-order valence-corrected chi connectivity index (χ3v) is 8.71. The minimum absolute atomic E-state index is 0.165. The van der Waals surface area contributed by atoms with Crippen molar-refractivity contribution in [2.45, 2.75) is 38.3 Å². The summed E-state index contributed by atoms with van der Waals surface area (Å²) in [7, 11) is -2.94. The van der Waals surface area contributed by atoms with Crippen molar-refractivity contribution in [2.75, 3.05) is 24.2 Å². The number of piperidine rings is 1. The molecular formula is C30H34N6O3S. The van der Waals surface area contributed by atoms with Gasteiger partial charge >= 0.3 is 0 Å². The number of hydrogen-bond donors (Lipinski definition) is 3. The first-order valence-electron chi connectivity index (χ1n) is 13.3. The van der Waals surface area contributed by atoms with Gasteiger partial charge in [0.1, 0.15) is 5.82 Å². The highest BCUT2D eigenvalue weighted by molar-refractivity contribution is 7.91. The maximum atomic E-state index is 12.8. The number of carbonyl (C=O) groups excluding carboxylic acids is 1. The molecule has 1 saturated heterocycles. The normalized spacial score (nSPS) is 20.7. The number of pyridine rings is 3. The van der Waals surface area contributed by atoms with Crippen LogP contribution in [0.5, 0.6) is 0 Å². The Morgan fingerprint density at radius 3 is 2.52 bits per heavy atom. The molecule has 0 saturated carbocycles. The van der Waals surface area contributed by atoms with E-state index >= 15 is 0 Å². The summed E-state index contributed by atoms with van der Waals surface area (Å²) < 4.78 is 20.2. The molecule has 208 valence electrons. The van der Waals surface area contributed by atoms with Gasteiger partial charge in [-0.25, -0.2) is 19.0 Å². The van der Waals surface area contributed by atoms with Gasteiger partial charge in [0.05, 0.1) is 49.9 Å². The number of nitrogens with zero attached hydrogens (tertiary/aromatic N) is 4. The molecule has 4 aromatic rings. The summed E-state index contributed by atoms with van der Waals surface area (Å²) in [6.07, 6.45) is 2.78. The fourth-order valence-electron chi connectivity index (χ4n) is 5.21. The van der Waals surface area contributed by atoms with Gasteiger partial charge in [0, 0.05) is 36.5 Å². The number of benzene rings is 1. The smallest absolute Gasteiger partial charge is 0.251 e. The Kier molecular flexibility index (Phi) is 7.57. The molecule has 2 unspecified atom stereocenters. The van der Waals surface area contributed by atoms with E-state index in [1.165, 1.54) is 12.3 Å². The lowest BCUT2D eigenvalue weighted by Gasteiger charge is -2.39. The van der Waals surface area contributed by atoms with Crippen molar-refractivity contribution < 1.29 is 14.1 Å². The Bertz CT molecular complexity index is 1680. The molecule has 3 N–H and O–H groups in total. The summed E-state index contributed by atoms with van der Waals surface area (Å²) in [6.45, 7) is 7.60. The summed E-state index contributed by atoms with van der Waals surface area (Å²) in [5, 5.41) is 14.1. The summed E-state index contributed by atoms with van der Waals surface area (Å²) in [6, 6.07) is 16.5. The standard InChI is InChI=1S/C30H34N6O3S/c1-18-8-9-21(12-27(18)40(4,31)39)30(38)33-15-23-13-26-22(14-32-23)10-11-25(34-26)24-6-5-7-28(35-24)36-16-19(2)29(37)20(3)17-36/h5-14,19-20,29,31,37H,15-17H2,1-4H3,(H,33,38)/t19-,20+,29?,40?. The van der Waals surface area contributed by atoms with Gasteiger partial charge in [-0.05, 0) is 66.8 Å². The Morgan fingerprint density at radius 2 is 1.80 bits per heavy atom. The van der Waals surface area contributed by atoms with Crippen molar-refractivity contribution in [3.63, 3.8) is 0 Å². The zero-order valence-electron chi connectivity index (χ0n) is 23.1. The van der Waals surface area contributed by atoms with E-state index in [-0.39, 0.29) is 30.4 Å². The van der Waals surface area contributed by atoms with E-state index in [0.29, 0.717) is 16.2 Å². The number of aliphatic hydroxyl groups is 1. The highest BCUT2D eigenvalue weighted by Gasteiger charge is 2.31. The molecule has 0 spiro atoms.